The summed E-state index contributed by atoms with van der Waals surface area (Å²) in [5, 5.41) is 4.35. The van der Waals surface area contributed by atoms with E-state index in [9.17, 15) is 27.2 Å². The molecule has 1 aromatic carbocycles. The van der Waals surface area contributed by atoms with Gasteiger partial charge in [-0.1, -0.05) is 0 Å². The van der Waals surface area contributed by atoms with Crippen LogP contribution in [0, 0.1) is 5.82 Å². The molecule has 0 saturated heterocycles. The van der Waals surface area contributed by atoms with Crippen LogP contribution in [0.25, 0.3) is 0 Å². The van der Waals surface area contributed by atoms with Gasteiger partial charge in [0.2, 0.25) is 10.0 Å². The van der Waals surface area contributed by atoms with Crippen molar-refractivity contribution in [3.8, 4) is 0 Å². The first-order chi connectivity index (χ1) is 12.0. The van der Waals surface area contributed by atoms with Gasteiger partial charge < -0.3 is 10.1 Å². The van der Waals surface area contributed by atoms with Crippen LogP contribution in [0.15, 0.2) is 29.2 Å². The summed E-state index contributed by atoms with van der Waals surface area (Å²) in [5.41, 5.74) is 0. The number of amides is 3. The standard InChI is InChI=1S/C15H20FN3O6S/c1-9(2)17-15(22)18-13(20)8-25-14(21)10(3)19-26(23,24)12-6-4-11(16)5-7-12/h4-7,9-10,19H,8H2,1-3H3,(H2,17,18,20,22)/t10-/m0/s1. The van der Waals surface area contributed by atoms with Crippen LogP contribution in [0.1, 0.15) is 20.8 Å². The summed E-state index contributed by atoms with van der Waals surface area (Å²) >= 11 is 0. The fourth-order valence-corrected chi connectivity index (χ4v) is 2.88. The second-order valence-corrected chi connectivity index (χ2v) is 7.29. The lowest BCUT2D eigenvalue weighted by molar-refractivity contribution is -0.149. The Balaban J connectivity index is 2.53. The maximum atomic E-state index is 12.8. The number of nitrogens with one attached hydrogen (secondary N) is 3. The third-order valence-electron chi connectivity index (χ3n) is 2.83. The van der Waals surface area contributed by atoms with Crippen molar-refractivity contribution in [1.29, 1.82) is 0 Å². The fraction of sp³-hybridized carbons (Fsp3) is 0.400. The molecule has 0 bridgehead atoms. The molecule has 3 N–H and O–H groups in total. The second kappa shape index (κ2) is 9.25. The maximum absolute atomic E-state index is 12.8. The average molecular weight is 389 g/mol. The van der Waals surface area contributed by atoms with Gasteiger partial charge in [0, 0.05) is 6.04 Å². The summed E-state index contributed by atoms with van der Waals surface area (Å²) in [6.07, 6.45) is 0. The van der Waals surface area contributed by atoms with Crippen molar-refractivity contribution >= 4 is 27.9 Å². The minimum atomic E-state index is -4.07. The van der Waals surface area contributed by atoms with E-state index < -0.39 is 46.4 Å². The number of halogens is 1. The van der Waals surface area contributed by atoms with Crippen molar-refractivity contribution in [2.24, 2.45) is 0 Å². The molecule has 0 unspecified atom stereocenters. The summed E-state index contributed by atoms with van der Waals surface area (Å²) in [6, 6.07) is 1.76. The number of sulfonamides is 1. The quantitative estimate of drug-likeness (QED) is 0.574. The van der Waals surface area contributed by atoms with Crippen LogP contribution in [-0.2, 0) is 24.3 Å². The minimum Gasteiger partial charge on any atom is -0.454 e. The highest BCUT2D eigenvalue weighted by molar-refractivity contribution is 7.89. The molecule has 1 rings (SSSR count). The predicted molar refractivity (Wildman–Crippen MR) is 89.0 cm³/mol. The molecule has 26 heavy (non-hydrogen) atoms. The lowest BCUT2D eigenvalue weighted by Gasteiger charge is -2.14. The van der Waals surface area contributed by atoms with Gasteiger partial charge in [0.05, 0.1) is 4.90 Å². The van der Waals surface area contributed by atoms with Gasteiger partial charge in [0.25, 0.3) is 5.91 Å². The first-order valence-electron chi connectivity index (χ1n) is 7.56. The number of ether oxygens (including phenoxy) is 1. The van der Waals surface area contributed by atoms with Gasteiger partial charge in [-0.2, -0.15) is 4.72 Å². The number of carbonyl (C=O) groups excluding carboxylic acids is 3. The molecule has 0 aliphatic rings. The molecule has 1 atom stereocenters. The number of hydrogen-bond acceptors (Lipinski definition) is 6. The highest BCUT2D eigenvalue weighted by Crippen LogP contribution is 2.10. The van der Waals surface area contributed by atoms with Crippen LogP contribution in [0.3, 0.4) is 0 Å². The number of imide groups is 1. The van der Waals surface area contributed by atoms with Gasteiger partial charge in [-0.05, 0) is 45.0 Å². The van der Waals surface area contributed by atoms with Crippen molar-refractivity contribution in [3.63, 3.8) is 0 Å². The van der Waals surface area contributed by atoms with E-state index in [0.717, 1.165) is 24.3 Å². The Labute approximate surface area is 150 Å². The van der Waals surface area contributed by atoms with Crippen molar-refractivity contribution in [2.45, 2.75) is 37.8 Å². The molecular weight excluding hydrogens is 369 g/mol. The highest BCUT2D eigenvalue weighted by atomic mass is 32.2. The molecule has 3 amide bonds. The molecule has 0 aromatic heterocycles. The van der Waals surface area contributed by atoms with E-state index in [1.807, 2.05) is 10.0 Å². The largest absolute Gasteiger partial charge is 0.454 e. The molecule has 11 heteroatoms. The highest BCUT2D eigenvalue weighted by Gasteiger charge is 2.24. The summed E-state index contributed by atoms with van der Waals surface area (Å²) in [6.45, 7) is 3.84. The summed E-state index contributed by atoms with van der Waals surface area (Å²) in [4.78, 5) is 34.3. The average Bonchev–Trinajstić information content (AvgIpc) is 2.51. The smallest absolute Gasteiger partial charge is 0.324 e. The number of rotatable bonds is 7. The molecule has 9 nitrogen and oxygen atoms in total. The molecular formula is C15H20FN3O6S. The van der Waals surface area contributed by atoms with Crippen molar-refractivity contribution in [2.75, 3.05) is 6.61 Å². The molecule has 0 aliphatic carbocycles. The fourth-order valence-electron chi connectivity index (χ4n) is 1.69. The summed E-state index contributed by atoms with van der Waals surface area (Å²) in [5.74, 6) is -2.50. The molecule has 144 valence electrons. The van der Waals surface area contributed by atoms with Crippen LogP contribution in [0.4, 0.5) is 9.18 Å². The zero-order valence-corrected chi connectivity index (χ0v) is 15.2. The summed E-state index contributed by atoms with van der Waals surface area (Å²) in [7, 11) is -4.07. The van der Waals surface area contributed by atoms with Crippen LogP contribution in [0.5, 0.6) is 0 Å². The van der Waals surface area contributed by atoms with Crippen molar-refractivity contribution < 1.29 is 31.9 Å². The topological polar surface area (TPSA) is 131 Å². The van der Waals surface area contributed by atoms with Crippen molar-refractivity contribution in [3.05, 3.63) is 30.1 Å². The SMILES string of the molecule is CC(C)NC(=O)NC(=O)COC(=O)[C@H](C)NS(=O)(=O)c1ccc(F)cc1. The first-order valence-corrected chi connectivity index (χ1v) is 9.04. The number of urea groups is 1. The molecule has 0 saturated carbocycles. The summed E-state index contributed by atoms with van der Waals surface area (Å²) < 4.78 is 43.7. The molecule has 0 radical (unpaired) electrons. The number of esters is 1. The zero-order chi connectivity index (χ0) is 19.9. The Hall–Kier alpha value is -2.53. The zero-order valence-electron chi connectivity index (χ0n) is 14.4. The maximum Gasteiger partial charge on any atom is 0.324 e. The lowest BCUT2D eigenvalue weighted by atomic mass is 10.4. The van der Waals surface area contributed by atoms with E-state index in [4.69, 9.17) is 0 Å². The number of carbonyl (C=O) groups is 3. The Bertz CT molecular complexity index is 764. The van der Waals surface area contributed by atoms with E-state index in [1.165, 1.54) is 6.92 Å². The normalized spacial score (nSPS) is 12.3. The van der Waals surface area contributed by atoms with Crippen LogP contribution in [0.2, 0.25) is 0 Å². The third kappa shape index (κ3) is 7.15. The Kier molecular flexibility index (Phi) is 7.65. The number of hydrogen-bond donors (Lipinski definition) is 3. The molecule has 0 heterocycles. The van der Waals surface area contributed by atoms with Crippen LogP contribution in [-0.4, -0.2) is 45.0 Å². The van der Waals surface area contributed by atoms with E-state index in [2.05, 4.69) is 10.1 Å². The van der Waals surface area contributed by atoms with Gasteiger partial charge in [-0.25, -0.2) is 17.6 Å². The third-order valence-corrected chi connectivity index (χ3v) is 4.38. The number of benzene rings is 1. The van der Waals surface area contributed by atoms with E-state index in [1.54, 1.807) is 13.8 Å². The minimum absolute atomic E-state index is 0.189. The van der Waals surface area contributed by atoms with Gasteiger partial charge in [-0.3, -0.25) is 14.9 Å². The van der Waals surface area contributed by atoms with E-state index in [0.29, 0.717) is 0 Å². The monoisotopic (exact) mass is 389 g/mol. The predicted octanol–water partition coefficient (Wildman–Crippen LogP) is 0.270. The van der Waals surface area contributed by atoms with E-state index >= 15 is 0 Å². The Morgan fingerprint density at radius 3 is 2.23 bits per heavy atom. The second-order valence-electron chi connectivity index (χ2n) is 5.58. The molecule has 0 fully saturated rings. The van der Waals surface area contributed by atoms with E-state index in [-0.39, 0.29) is 10.9 Å². The molecule has 0 aliphatic heterocycles. The van der Waals surface area contributed by atoms with Crippen molar-refractivity contribution in [1.82, 2.24) is 15.4 Å². The first kappa shape index (κ1) is 21.5. The van der Waals surface area contributed by atoms with Gasteiger partial charge in [0.15, 0.2) is 6.61 Å². The molecule has 0 spiro atoms. The van der Waals surface area contributed by atoms with Gasteiger partial charge >= 0.3 is 12.0 Å². The van der Waals surface area contributed by atoms with Crippen LogP contribution >= 0.6 is 0 Å². The Morgan fingerprint density at radius 1 is 1.12 bits per heavy atom. The van der Waals surface area contributed by atoms with Gasteiger partial charge in [-0.15, -0.1) is 0 Å². The Morgan fingerprint density at radius 2 is 1.69 bits per heavy atom. The molecule has 1 aromatic rings. The van der Waals surface area contributed by atoms with Gasteiger partial charge in [0.1, 0.15) is 11.9 Å². The van der Waals surface area contributed by atoms with Crippen LogP contribution < -0.4 is 15.4 Å². The lowest BCUT2D eigenvalue weighted by Crippen LogP contribution is -2.45.